The van der Waals surface area contributed by atoms with Gasteiger partial charge in [0.05, 0.1) is 11.4 Å². The molecule has 0 fully saturated rings. The summed E-state index contributed by atoms with van der Waals surface area (Å²) in [5.74, 6) is 0.660. The average Bonchev–Trinajstić information content (AvgIpc) is 0.702. The maximum atomic E-state index is 5.68. The Morgan fingerprint density at radius 3 is 0.945 bits per heavy atom. The summed E-state index contributed by atoms with van der Waals surface area (Å²) in [6, 6.07) is 123. The van der Waals surface area contributed by atoms with Gasteiger partial charge in [-0.15, -0.1) is 0 Å². The fourth-order valence-corrected chi connectivity index (χ4v) is 14.4. The molecule has 0 N–H and O–H groups in total. The van der Waals surface area contributed by atoms with Crippen LogP contribution in [0.15, 0.2) is 334 Å². The zero-order valence-electron chi connectivity index (χ0n) is 49.6. The van der Waals surface area contributed by atoms with E-state index in [0.717, 1.165) is 107 Å². The van der Waals surface area contributed by atoms with Gasteiger partial charge in [-0.05, 0) is 172 Å². The molecule has 0 saturated heterocycles. The number of anilines is 6. The van der Waals surface area contributed by atoms with Crippen molar-refractivity contribution in [3.8, 4) is 78.4 Å². The van der Waals surface area contributed by atoms with Crippen LogP contribution >= 0.6 is 0 Å². The maximum Gasteiger partial charge on any atom is 0.252 e. The highest BCUT2D eigenvalue weighted by Crippen LogP contribution is 2.52. The van der Waals surface area contributed by atoms with Crippen LogP contribution in [0.5, 0.6) is 0 Å². The van der Waals surface area contributed by atoms with Gasteiger partial charge in [0, 0.05) is 61.6 Å². The first-order valence-electron chi connectivity index (χ1n) is 31.3. The molecule has 0 spiro atoms. The lowest BCUT2D eigenvalue weighted by Crippen LogP contribution is -2.61. The third-order valence-corrected chi connectivity index (χ3v) is 18.7. The lowest BCUT2D eigenvalue weighted by Gasteiger charge is -2.45. The summed E-state index contributed by atoms with van der Waals surface area (Å²) < 4.78 is 0. The number of aromatic nitrogens is 2. The second-order valence-corrected chi connectivity index (χ2v) is 24.1. The van der Waals surface area contributed by atoms with Crippen LogP contribution in [0, 0.1) is 0 Å². The highest BCUT2D eigenvalue weighted by atomic mass is 15.2. The lowest BCUT2D eigenvalue weighted by molar-refractivity contribution is 1.18. The van der Waals surface area contributed by atoms with E-state index in [1.54, 1.807) is 0 Å². The Labute approximate surface area is 529 Å². The molecule has 0 radical (unpaired) electrons. The van der Waals surface area contributed by atoms with E-state index in [4.69, 9.17) is 9.97 Å². The molecule has 0 saturated carbocycles. The molecule has 91 heavy (non-hydrogen) atoms. The van der Waals surface area contributed by atoms with Crippen LogP contribution in [-0.4, -0.2) is 16.7 Å². The quantitative estimate of drug-likeness (QED) is 0.106. The Hall–Kier alpha value is -11.9. The van der Waals surface area contributed by atoms with Crippen LogP contribution in [0.4, 0.5) is 34.1 Å². The number of hydrogen-bond donors (Lipinski definition) is 0. The summed E-state index contributed by atoms with van der Waals surface area (Å²) in [6.45, 7) is -0.217. The molecule has 0 amide bonds. The van der Waals surface area contributed by atoms with Gasteiger partial charge < -0.3 is 9.80 Å². The van der Waals surface area contributed by atoms with Gasteiger partial charge in [0.1, 0.15) is 0 Å². The fraction of sp³-hybridized carbons (Fsp3) is 0. The number of rotatable bonds is 9. The number of fused-ring (bicyclic) bond motifs is 10. The molecule has 18 rings (SSSR count). The van der Waals surface area contributed by atoms with Crippen molar-refractivity contribution in [1.29, 1.82) is 0 Å². The molecular weight excluding hydrogens is 1100 g/mol. The van der Waals surface area contributed by atoms with E-state index >= 15 is 0 Å². The molecule has 2 aliphatic rings. The minimum Gasteiger partial charge on any atom is -0.311 e. The molecule has 3 heterocycles. The monoisotopic (exact) mass is 1150 g/mol. The Morgan fingerprint density at radius 1 is 0.231 bits per heavy atom. The van der Waals surface area contributed by atoms with Crippen molar-refractivity contribution in [3.63, 3.8) is 0 Å². The van der Waals surface area contributed by atoms with Crippen molar-refractivity contribution in [2.24, 2.45) is 0 Å². The molecule has 1 aromatic heterocycles. The standard InChI is InChI=1S/C86H55BN4/c1-7-23-56(24-8-1)68-45-69(57-25-9-2-10-26-57)48-73(47-68)90-81-53-72(80-55-79(60-31-15-5-16-32-60)88-86(89-80)61-33-17-6-18-34-61)54-82-83(81)87(77-41-39-66-43-62-35-19-21-37-64(62)51-75(66)84(77)90)78-42-40-67-44-63-36-20-22-38-65(63)52-76(67)85(78)91(82)74-49-70(58-27-11-3-12-28-58)46-71(50-74)59-29-13-4-14-30-59/h1-55H. The molecule has 15 aromatic carbocycles. The topological polar surface area (TPSA) is 32.3 Å². The maximum absolute atomic E-state index is 5.68. The molecule has 5 heteroatoms. The molecule has 4 nitrogen and oxygen atoms in total. The van der Waals surface area contributed by atoms with Gasteiger partial charge in [0.25, 0.3) is 6.71 Å². The Kier molecular flexibility index (Phi) is 12.3. The van der Waals surface area contributed by atoms with E-state index in [0.29, 0.717) is 5.82 Å². The van der Waals surface area contributed by atoms with Crippen LogP contribution in [0.1, 0.15) is 0 Å². The molecule has 0 aliphatic carbocycles. The van der Waals surface area contributed by atoms with Gasteiger partial charge in [0.15, 0.2) is 5.82 Å². The molecule has 0 atom stereocenters. The third-order valence-electron chi connectivity index (χ3n) is 18.7. The van der Waals surface area contributed by atoms with E-state index < -0.39 is 0 Å². The van der Waals surface area contributed by atoms with Crippen molar-refractivity contribution in [1.82, 2.24) is 9.97 Å². The summed E-state index contributed by atoms with van der Waals surface area (Å²) in [6.07, 6.45) is 0. The average molecular weight is 1160 g/mol. The molecule has 2 aliphatic heterocycles. The highest BCUT2D eigenvalue weighted by molar-refractivity contribution is 7.01. The Balaban J connectivity index is 1.03. The predicted octanol–water partition coefficient (Wildman–Crippen LogP) is 20.8. The van der Waals surface area contributed by atoms with Crippen molar-refractivity contribution in [3.05, 3.63) is 334 Å². The number of hydrogen-bond acceptors (Lipinski definition) is 4. The van der Waals surface area contributed by atoms with Crippen LogP contribution in [0.25, 0.3) is 122 Å². The van der Waals surface area contributed by atoms with E-state index in [9.17, 15) is 0 Å². The summed E-state index contributed by atoms with van der Waals surface area (Å²) in [7, 11) is 0. The summed E-state index contributed by atoms with van der Waals surface area (Å²) in [5.41, 5.74) is 23.9. The van der Waals surface area contributed by atoms with Gasteiger partial charge in [-0.1, -0.05) is 255 Å². The second-order valence-electron chi connectivity index (χ2n) is 24.1. The van der Waals surface area contributed by atoms with Gasteiger partial charge in [-0.2, -0.15) is 0 Å². The van der Waals surface area contributed by atoms with Gasteiger partial charge in [-0.3, -0.25) is 0 Å². The smallest absolute Gasteiger partial charge is 0.252 e. The second kappa shape index (κ2) is 21.4. The summed E-state index contributed by atoms with van der Waals surface area (Å²) in [4.78, 5) is 16.3. The van der Waals surface area contributed by atoms with Crippen LogP contribution in [0.2, 0.25) is 0 Å². The SMILES string of the molecule is c1ccc(-c2cc(-c3ccccc3)cc(N3c4cc(-c5cc(-c6ccccc6)nc(-c6ccccc6)n5)cc5c4B(c4ccc6cc7ccccc7cc6c43)c3ccc4cc6ccccc6cc4c3N5c3cc(-c4ccccc4)cc(-c4ccccc4)c3)c2)cc1. The van der Waals surface area contributed by atoms with E-state index in [1.165, 1.54) is 59.5 Å². The van der Waals surface area contributed by atoms with Crippen LogP contribution in [-0.2, 0) is 0 Å². The van der Waals surface area contributed by atoms with Crippen LogP contribution < -0.4 is 26.2 Å². The zero-order valence-corrected chi connectivity index (χ0v) is 49.6. The predicted molar refractivity (Wildman–Crippen MR) is 384 cm³/mol. The largest absolute Gasteiger partial charge is 0.311 e. The first kappa shape index (κ1) is 52.2. The van der Waals surface area contributed by atoms with Crippen LogP contribution in [0.3, 0.4) is 0 Å². The zero-order chi connectivity index (χ0) is 59.9. The Morgan fingerprint density at radius 2 is 0.560 bits per heavy atom. The number of benzene rings is 15. The normalized spacial score (nSPS) is 12.3. The summed E-state index contributed by atoms with van der Waals surface area (Å²) >= 11 is 0. The molecule has 0 unspecified atom stereocenters. The minimum absolute atomic E-state index is 0.217. The Bertz CT molecular complexity index is 5080. The molecule has 0 bridgehead atoms. The minimum atomic E-state index is -0.217. The van der Waals surface area contributed by atoms with Crippen molar-refractivity contribution < 1.29 is 0 Å². The van der Waals surface area contributed by atoms with E-state index in [2.05, 4.69) is 343 Å². The first-order chi connectivity index (χ1) is 45.1. The molecular formula is C86H55BN4. The van der Waals surface area contributed by atoms with Gasteiger partial charge in [0.2, 0.25) is 0 Å². The number of nitrogens with zero attached hydrogens (tertiary/aromatic N) is 4. The van der Waals surface area contributed by atoms with Crippen molar-refractivity contribution in [2.45, 2.75) is 0 Å². The lowest BCUT2D eigenvalue weighted by atomic mass is 9.33. The highest BCUT2D eigenvalue weighted by Gasteiger charge is 2.45. The molecule has 422 valence electrons. The van der Waals surface area contributed by atoms with E-state index in [1.807, 2.05) is 0 Å². The van der Waals surface area contributed by atoms with E-state index in [-0.39, 0.29) is 6.71 Å². The van der Waals surface area contributed by atoms with Crippen molar-refractivity contribution in [2.75, 3.05) is 9.80 Å². The fourth-order valence-electron chi connectivity index (χ4n) is 14.4. The third kappa shape index (κ3) is 9.00. The first-order valence-corrected chi connectivity index (χ1v) is 31.3. The molecule has 16 aromatic rings. The van der Waals surface area contributed by atoms with Gasteiger partial charge in [-0.25, -0.2) is 9.97 Å². The summed E-state index contributed by atoms with van der Waals surface area (Å²) in [5, 5.41) is 9.50. The van der Waals surface area contributed by atoms with Crippen molar-refractivity contribution >= 4 is 100 Å². The van der Waals surface area contributed by atoms with Gasteiger partial charge >= 0.3 is 0 Å².